The van der Waals surface area contributed by atoms with Crippen molar-refractivity contribution in [3.63, 3.8) is 0 Å². The molecular weight excluding hydrogens is 402 g/mol. The maximum atomic E-state index is 12.9. The van der Waals surface area contributed by atoms with Crippen molar-refractivity contribution in [2.75, 3.05) is 7.11 Å². The fraction of sp³-hybridized carbons (Fsp3) is 0.263. The number of carbonyl (C=O) groups excluding carboxylic acids is 1. The molecule has 0 radical (unpaired) electrons. The molecule has 0 aliphatic heterocycles. The second kappa shape index (κ2) is 8.12. The highest BCUT2D eigenvalue weighted by Crippen LogP contribution is 2.23. The molecule has 0 atom stereocenters. The Labute approximate surface area is 170 Å². The van der Waals surface area contributed by atoms with Gasteiger partial charge in [-0.05, 0) is 38.5 Å². The zero-order chi connectivity index (χ0) is 20.4. The van der Waals surface area contributed by atoms with Gasteiger partial charge in [0.15, 0.2) is 5.02 Å². The maximum Gasteiger partial charge on any atom is 0.337 e. The highest BCUT2D eigenvalue weighted by Gasteiger charge is 2.18. The molecule has 2 aromatic heterocycles. The first kappa shape index (κ1) is 20.0. The van der Waals surface area contributed by atoms with Crippen molar-refractivity contribution in [3.8, 4) is 11.6 Å². The Kier molecular flexibility index (Phi) is 5.81. The van der Waals surface area contributed by atoms with E-state index in [1.807, 2.05) is 19.2 Å². The van der Waals surface area contributed by atoms with Gasteiger partial charge in [-0.3, -0.25) is 9.36 Å². The second-order valence-electron chi connectivity index (χ2n) is 6.06. The lowest BCUT2D eigenvalue weighted by Gasteiger charge is -2.15. The molecule has 0 saturated carbocycles. The summed E-state index contributed by atoms with van der Waals surface area (Å²) in [7, 11) is 1.30. The minimum absolute atomic E-state index is 0.0489. The van der Waals surface area contributed by atoms with Crippen molar-refractivity contribution in [1.29, 1.82) is 0 Å². The Morgan fingerprint density at radius 2 is 2.00 bits per heavy atom. The van der Waals surface area contributed by atoms with E-state index in [0.29, 0.717) is 17.1 Å². The van der Waals surface area contributed by atoms with Crippen LogP contribution < -0.4 is 10.3 Å². The Morgan fingerprint density at radius 3 is 2.64 bits per heavy atom. The SMILES string of the molecule is COC(=O)c1ccc(C)c(-n2c(C)nc(OCc3csc(C)n3)c(Cl)c2=O)c1. The number of hydrogen-bond acceptors (Lipinski definition) is 7. The third-order valence-corrected chi connectivity index (χ3v) is 5.21. The summed E-state index contributed by atoms with van der Waals surface area (Å²) in [6.45, 7) is 5.55. The van der Waals surface area contributed by atoms with Crippen molar-refractivity contribution in [2.45, 2.75) is 27.4 Å². The van der Waals surface area contributed by atoms with E-state index in [2.05, 4.69) is 9.97 Å². The fourth-order valence-corrected chi connectivity index (χ4v) is 3.45. The van der Waals surface area contributed by atoms with E-state index in [1.165, 1.54) is 23.0 Å². The molecule has 0 fully saturated rings. The van der Waals surface area contributed by atoms with Crippen LogP contribution in [0, 0.1) is 20.8 Å². The highest BCUT2D eigenvalue weighted by molar-refractivity contribution is 7.09. The molecule has 1 aromatic carbocycles. The lowest BCUT2D eigenvalue weighted by atomic mass is 10.1. The average molecular weight is 420 g/mol. The van der Waals surface area contributed by atoms with E-state index in [9.17, 15) is 9.59 Å². The van der Waals surface area contributed by atoms with Crippen LogP contribution in [0.5, 0.6) is 5.88 Å². The number of halogens is 1. The van der Waals surface area contributed by atoms with Gasteiger partial charge in [-0.25, -0.2) is 9.78 Å². The first-order valence-electron chi connectivity index (χ1n) is 8.34. The number of rotatable bonds is 5. The van der Waals surface area contributed by atoms with Crippen molar-refractivity contribution in [1.82, 2.24) is 14.5 Å². The quantitative estimate of drug-likeness (QED) is 0.587. The molecule has 9 heteroatoms. The van der Waals surface area contributed by atoms with Gasteiger partial charge in [-0.15, -0.1) is 11.3 Å². The van der Waals surface area contributed by atoms with Crippen LogP contribution in [-0.4, -0.2) is 27.6 Å². The molecule has 0 bridgehead atoms. The van der Waals surface area contributed by atoms with Gasteiger partial charge in [-0.1, -0.05) is 17.7 Å². The first-order chi connectivity index (χ1) is 13.3. The molecule has 0 aliphatic rings. The number of ether oxygens (including phenoxy) is 2. The summed E-state index contributed by atoms with van der Waals surface area (Å²) in [5, 5.41) is 2.66. The van der Waals surface area contributed by atoms with Gasteiger partial charge in [-0.2, -0.15) is 4.98 Å². The zero-order valence-corrected chi connectivity index (χ0v) is 17.3. The fourth-order valence-electron chi connectivity index (χ4n) is 2.67. The molecule has 7 nitrogen and oxygen atoms in total. The lowest BCUT2D eigenvalue weighted by Crippen LogP contribution is -2.24. The number of nitrogens with zero attached hydrogens (tertiary/aromatic N) is 3. The molecule has 0 saturated heterocycles. The van der Waals surface area contributed by atoms with Crippen LogP contribution in [0.1, 0.15) is 32.4 Å². The Morgan fingerprint density at radius 1 is 1.25 bits per heavy atom. The Hall–Kier alpha value is -2.71. The molecule has 28 heavy (non-hydrogen) atoms. The van der Waals surface area contributed by atoms with E-state index >= 15 is 0 Å². The standard InChI is InChI=1S/C19H18ClN3O4S/c1-10-5-6-13(19(25)26-4)7-15(10)23-11(2)21-17(16(20)18(23)24)27-8-14-9-28-12(3)22-14/h5-7,9H,8H2,1-4H3. The number of esters is 1. The van der Waals surface area contributed by atoms with Gasteiger partial charge in [0.2, 0.25) is 5.88 Å². The highest BCUT2D eigenvalue weighted by atomic mass is 35.5. The summed E-state index contributed by atoms with van der Waals surface area (Å²) in [5.74, 6) is -0.0682. The van der Waals surface area contributed by atoms with Crippen LogP contribution in [0.3, 0.4) is 0 Å². The third kappa shape index (κ3) is 3.93. The number of thiazole rings is 1. The topological polar surface area (TPSA) is 83.3 Å². The van der Waals surface area contributed by atoms with E-state index in [-0.39, 0.29) is 17.5 Å². The van der Waals surface area contributed by atoms with Crippen LogP contribution in [0.25, 0.3) is 5.69 Å². The van der Waals surface area contributed by atoms with Crippen molar-refractivity contribution >= 4 is 28.9 Å². The third-order valence-electron chi connectivity index (χ3n) is 4.06. The molecular formula is C19H18ClN3O4S. The zero-order valence-electron chi connectivity index (χ0n) is 15.8. The van der Waals surface area contributed by atoms with Crippen molar-refractivity contribution in [3.05, 3.63) is 66.6 Å². The summed E-state index contributed by atoms with van der Waals surface area (Å²) in [6, 6.07) is 4.94. The molecule has 0 unspecified atom stereocenters. The van der Waals surface area contributed by atoms with Gasteiger partial charge < -0.3 is 9.47 Å². The Bertz CT molecular complexity index is 1110. The van der Waals surface area contributed by atoms with Crippen LogP contribution in [0.15, 0.2) is 28.4 Å². The van der Waals surface area contributed by atoms with Crippen molar-refractivity contribution < 1.29 is 14.3 Å². The predicted octanol–water partition coefficient (Wildman–Crippen LogP) is 3.63. The molecule has 3 rings (SSSR count). The number of benzene rings is 1. The lowest BCUT2D eigenvalue weighted by molar-refractivity contribution is 0.0600. The second-order valence-corrected chi connectivity index (χ2v) is 7.50. The van der Waals surface area contributed by atoms with Gasteiger partial charge in [0.1, 0.15) is 12.4 Å². The summed E-state index contributed by atoms with van der Waals surface area (Å²) < 4.78 is 11.7. The molecule has 3 aromatic rings. The predicted molar refractivity (Wildman–Crippen MR) is 107 cm³/mol. The van der Waals surface area contributed by atoms with Crippen LogP contribution >= 0.6 is 22.9 Å². The minimum atomic E-state index is -0.496. The molecule has 0 amide bonds. The van der Waals surface area contributed by atoms with E-state index in [0.717, 1.165) is 16.3 Å². The van der Waals surface area contributed by atoms with E-state index in [4.69, 9.17) is 21.1 Å². The van der Waals surface area contributed by atoms with Gasteiger partial charge in [0, 0.05) is 5.38 Å². The van der Waals surface area contributed by atoms with Gasteiger partial charge in [0.25, 0.3) is 5.56 Å². The van der Waals surface area contributed by atoms with Crippen LogP contribution in [0.2, 0.25) is 5.02 Å². The molecule has 0 spiro atoms. The average Bonchev–Trinajstić information content (AvgIpc) is 3.09. The number of aryl methyl sites for hydroxylation is 3. The van der Waals surface area contributed by atoms with Crippen LogP contribution in [-0.2, 0) is 11.3 Å². The van der Waals surface area contributed by atoms with Crippen LogP contribution in [0.4, 0.5) is 0 Å². The maximum absolute atomic E-state index is 12.9. The van der Waals surface area contributed by atoms with Gasteiger partial charge >= 0.3 is 5.97 Å². The number of aromatic nitrogens is 3. The number of hydrogen-bond donors (Lipinski definition) is 0. The molecule has 0 aliphatic carbocycles. The van der Waals surface area contributed by atoms with Crippen molar-refractivity contribution in [2.24, 2.45) is 0 Å². The van der Waals surface area contributed by atoms with E-state index in [1.54, 1.807) is 25.1 Å². The van der Waals surface area contributed by atoms with Gasteiger partial charge in [0.05, 0.1) is 29.1 Å². The summed E-state index contributed by atoms with van der Waals surface area (Å²) in [6.07, 6.45) is 0. The summed E-state index contributed by atoms with van der Waals surface area (Å²) in [5.41, 5.74) is 1.86. The van der Waals surface area contributed by atoms with E-state index < -0.39 is 11.5 Å². The minimum Gasteiger partial charge on any atom is -0.470 e. The molecule has 146 valence electrons. The largest absolute Gasteiger partial charge is 0.470 e. The molecule has 2 heterocycles. The number of methoxy groups -OCH3 is 1. The normalized spacial score (nSPS) is 10.8. The summed E-state index contributed by atoms with van der Waals surface area (Å²) >= 11 is 7.75. The summed E-state index contributed by atoms with van der Waals surface area (Å²) in [4.78, 5) is 33.4. The monoisotopic (exact) mass is 419 g/mol. The number of carbonyl (C=O) groups is 1. The smallest absolute Gasteiger partial charge is 0.337 e. The molecule has 0 N–H and O–H groups in total. The first-order valence-corrected chi connectivity index (χ1v) is 9.60. The Balaban J connectivity index is 2.01.